The Kier molecular flexibility index (Phi) is 3.82. The predicted molar refractivity (Wildman–Crippen MR) is 88.6 cm³/mol. The fourth-order valence-corrected chi connectivity index (χ4v) is 2.92. The van der Waals surface area contributed by atoms with E-state index in [9.17, 15) is 13.2 Å². The topological polar surface area (TPSA) is 30.7 Å². The highest BCUT2D eigenvalue weighted by atomic mass is 19.4. The van der Waals surface area contributed by atoms with Gasteiger partial charge < -0.3 is 4.57 Å². The predicted octanol–water partition coefficient (Wildman–Crippen LogP) is 5.04. The molecule has 4 rings (SSSR count). The van der Waals surface area contributed by atoms with Crippen LogP contribution in [0.5, 0.6) is 0 Å². The van der Waals surface area contributed by atoms with E-state index in [2.05, 4.69) is 9.97 Å². The van der Waals surface area contributed by atoms with Crippen LogP contribution in [0.15, 0.2) is 55.0 Å². The zero-order valence-corrected chi connectivity index (χ0v) is 13.4. The quantitative estimate of drug-likeness (QED) is 0.664. The van der Waals surface area contributed by atoms with Crippen molar-refractivity contribution in [1.29, 1.82) is 0 Å². The van der Waals surface area contributed by atoms with Crippen molar-refractivity contribution in [3.8, 4) is 22.6 Å². The molecule has 1 fully saturated rings. The number of nitrogens with zero attached hydrogens (tertiary/aromatic N) is 3. The molecular weight excluding hydrogens is 327 g/mol. The molecule has 0 atom stereocenters. The minimum absolute atomic E-state index is 0.449. The van der Waals surface area contributed by atoms with Crippen LogP contribution in [0, 0.1) is 5.92 Å². The molecule has 2 aromatic heterocycles. The van der Waals surface area contributed by atoms with E-state index in [1.807, 2.05) is 22.8 Å². The molecule has 3 nitrogen and oxygen atoms in total. The normalized spacial score (nSPS) is 14.7. The molecule has 0 amide bonds. The number of hydrogen-bond donors (Lipinski definition) is 0. The summed E-state index contributed by atoms with van der Waals surface area (Å²) in [6.45, 7) is 0.817. The standard InChI is InChI=1S/C19H16F3N3/c20-19(21,22)15-5-3-4-14(10-15)17-18(16-6-1-2-9-23-16)25(12-24-17)11-13-7-8-13/h1-6,9-10,12-13H,7-8,11H2. The summed E-state index contributed by atoms with van der Waals surface area (Å²) in [7, 11) is 0. The van der Waals surface area contributed by atoms with Gasteiger partial charge in [-0.25, -0.2) is 4.98 Å². The molecule has 25 heavy (non-hydrogen) atoms. The Balaban J connectivity index is 1.83. The second-order valence-electron chi connectivity index (χ2n) is 6.33. The Labute approximate surface area is 143 Å². The molecule has 128 valence electrons. The molecule has 3 aromatic rings. The summed E-state index contributed by atoms with van der Waals surface area (Å²) in [6.07, 6.45) is 1.37. The van der Waals surface area contributed by atoms with E-state index in [1.54, 1.807) is 18.6 Å². The van der Waals surface area contributed by atoms with E-state index < -0.39 is 11.7 Å². The Bertz CT molecular complexity index is 880. The average molecular weight is 343 g/mol. The molecule has 1 aromatic carbocycles. The van der Waals surface area contributed by atoms with Crippen LogP contribution in [0.4, 0.5) is 13.2 Å². The summed E-state index contributed by atoms with van der Waals surface area (Å²) in [6, 6.07) is 10.8. The smallest absolute Gasteiger partial charge is 0.329 e. The van der Waals surface area contributed by atoms with Crippen LogP contribution in [0.3, 0.4) is 0 Å². The summed E-state index contributed by atoms with van der Waals surface area (Å²) >= 11 is 0. The van der Waals surface area contributed by atoms with Gasteiger partial charge in [0, 0.05) is 18.3 Å². The summed E-state index contributed by atoms with van der Waals surface area (Å²) in [5.41, 5.74) is 1.80. The van der Waals surface area contributed by atoms with Crippen LogP contribution in [0.25, 0.3) is 22.6 Å². The van der Waals surface area contributed by atoms with Crippen LogP contribution >= 0.6 is 0 Å². The lowest BCUT2D eigenvalue weighted by Gasteiger charge is -2.11. The van der Waals surface area contributed by atoms with Crippen LogP contribution in [0.1, 0.15) is 18.4 Å². The molecule has 1 aliphatic carbocycles. The fraction of sp³-hybridized carbons (Fsp3) is 0.263. The van der Waals surface area contributed by atoms with E-state index in [0.29, 0.717) is 22.9 Å². The van der Waals surface area contributed by atoms with Crippen molar-refractivity contribution in [3.05, 3.63) is 60.6 Å². The van der Waals surface area contributed by atoms with Gasteiger partial charge in [0.2, 0.25) is 0 Å². The molecule has 0 unspecified atom stereocenters. The van der Waals surface area contributed by atoms with Crippen molar-refractivity contribution in [2.45, 2.75) is 25.6 Å². The van der Waals surface area contributed by atoms with Gasteiger partial charge in [-0.2, -0.15) is 13.2 Å². The Morgan fingerprint density at radius 2 is 1.88 bits per heavy atom. The maximum atomic E-state index is 13.1. The minimum Gasteiger partial charge on any atom is -0.329 e. The van der Waals surface area contributed by atoms with Gasteiger partial charge >= 0.3 is 6.18 Å². The first-order valence-electron chi connectivity index (χ1n) is 8.16. The minimum atomic E-state index is -4.38. The zero-order chi connectivity index (χ0) is 17.4. The molecule has 2 heterocycles. The third-order valence-electron chi connectivity index (χ3n) is 4.36. The van der Waals surface area contributed by atoms with Crippen LogP contribution in [0.2, 0.25) is 0 Å². The van der Waals surface area contributed by atoms with Gasteiger partial charge in [0.15, 0.2) is 0 Å². The number of aromatic nitrogens is 3. The molecular formula is C19H16F3N3. The van der Waals surface area contributed by atoms with Gasteiger partial charge in [0.1, 0.15) is 0 Å². The van der Waals surface area contributed by atoms with Crippen molar-refractivity contribution in [2.75, 3.05) is 0 Å². The average Bonchev–Trinajstić information content (AvgIpc) is 3.32. The van der Waals surface area contributed by atoms with Crippen molar-refractivity contribution < 1.29 is 13.2 Å². The van der Waals surface area contributed by atoms with E-state index >= 15 is 0 Å². The first kappa shape index (κ1) is 15.9. The van der Waals surface area contributed by atoms with Gasteiger partial charge in [-0.15, -0.1) is 0 Å². The number of pyridine rings is 1. The number of alkyl halides is 3. The third kappa shape index (κ3) is 3.29. The Hall–Kier alpha value is -2.63. The van der Waals surface area contributed by atoms with E-state index in [0.717, 1.165) is 24.4 Å². The lowest BCUT2D eigenvalue weighted by molar-refractivity contribution is -0.137. The highest BCUT2D eigenvalue weighted by Gasteiger charge is 2.31. The van der Waals surface area contributed by atoms with Crippen LogP contribution in [-0.2, 0) is 12.7 Å². The van der Waals surface area contributed by atoms with Gasteiger partial charge in [-0.05, 0) is 43.0 Å². The lowest BCUT2D eigenvalue weighted by atomic mass is 10.0. The van der Waals surface area contributed by atoms with Crippen LogP contribution < -0.4 is 0 Å². The summed E-state index contributed by atoms with van der Waals surface area (Å²) in [4.78, 5) is 8.81. The Morgan fingerprint density at radius 1 is 1.04 bits per heavy atom. The maximum Gasteiger partial charge on any atom is 0.416 e. The summed E-state index contributed by atoms with van der Waals surface area (Å²) in [5.74, 6) is 0.617. The van der Waals surface area contributed by atoms with Gasteiger partial charge in [0.05, 0.1) is 29.0 Å². The molecule has 0 saturated heterocycles. The second kappa shape index (κ2) is 6.02. The summed E-state index contributed by atoms with van der Waals surface area (Å²) in [5, 5.41) is 0. The van der Waals surface area contributed by atoms with Crippen LogP contribution in [-0.4, -0.2) is 14.5 Å². The van der Waals surface area contributed by atoms with E-state index in [1.165, 1.54) is 18.9 Å². The second-order valence-corrected chi connectivity index (χ2v) is 6.33. The SMILES string of the molecule is FC(F)(F)c1cccc(-c2ncn(CC3CC3)c2-c2ccccn2)c1. The van der Waals surface area contributed by atoms with Crippen molar-refractivity contribution in [1.82, 2.24) is 14.5 Å². The van der Waals surface area contributed by atoms with Gasteiger partial charge in [0.25, 0.3) is 0 Å². The number of imidazole rings is 1. The van der Waals surface area contributed by atoms with Crippen molar-refractivity contribution >= 4 is 0 Å². The first-order chi connectivity index (χ1) is 12.0. The van der Waals surface area contributed by atoms with E-state index in [-0.39, 0.29) is 0 Å². The largest absolute Gasteiger partial charge is 0.416 e. The van der Waals surface area contributed by atoms with Gasteiger partial charge in [-0.3, -0.25) is 4.98 Å². The van der Waals surface area contributed by atoms with Crippen molar-refractivity contribution in [2.24, 2.45) is 5.92 Å². The monoisotopic (exact) mass is 343 g/mol. The Morgan fingerprint density at radius 3 is 2.56 bits per heavy atom. The fourth-order valence-electron chi connectivity index (χ4n) is 2.92. The summed E-state index contributed by atoms with van der Waals surface area (Å²) < 4.78 is 41.2. The van der Waals surface area contributed by atoms with Gasteiger partial charge in [-0.1, -0.05) is 18.2 Å². The van der Waals surface area contributed by atoms with E-state index in [4.69, 9.17) is 0 Å². The molecule has 0 N–H and O–H groups in total. The number of benzene rings is 1. The highest BCUT2D eigenvalue weighted by molar-refractivity contribution is 5.77. The molecule has 1 saturated carbocycles. The number of rotatable bonds is 4. The first-order valence-corrected chi connectivity index (χ1v) is 8.16. The number of hydrogen-bond acceptors (Lipinski definition) is 2. The highest BCUT2D eigenvalue weighted by Crippen LogP contribution is 2.37. The molecule has 6 heteroatoms. The molecule has 1 aliphatic rings. The molecule has 0 radical (unpaired) electrons. The molecule has 0 spiro atoms. The lowest BCUT2D eigenvalue weighted by Crippen LogP contribution is -2.05. The zero-order valence-electron chi connectivity index (χ0n) is 13.4. The third-order valence-corrected chi connectivity index (χ3v) is 4.36. The molecule has 0 bridgehead atoms. The number of halogens is 3. The molecule has 0 aliphatic heterocycles. The van der Waals surface area contributed by atoms with Crippen molar-refractivity contribution in [3.63, 3.8) is 0 Å². The maximum absolute atomic E-state index is 13.1.